The summed E-state index contributed by atoms with van der Waals surface area (Å²) in [5.41, 5.74) is 2.81. The zero-order chi connectivity index (χ0) is 15.2. The van der Waals surface area contributed by atoms with Crippen LogP contribution in [0.25, 0.3) is 0 Å². The molecule has 2 aromatic rings. The summed E-state index contributed by atoms with van der Waals surface area (Å²) in [4.78, 5) is 0. The van der Waals surface area contributed by atoms with Crippen LogP contribution >= 0.6 is 27.3 Å². The molecule has 0 saturated heterocycles. The number of hydrogen-bond acceptors (Lipinski definition) is 2. The highest BCUT2D eigenvalue weighted by Crippen LogP contribution is 2.41. The lowest BCUT2D eigenvalue weighted by Gasteiger charge is -2.33. The molecule has 3 heteroatoms. The summed E-state index contributed by atoms with van der Waals surface area (Å²) in [5, 5.41) is 8.17. The summed E-state index contributed by atoms with van der Waals surface area (Å²) >= 11 is 5.48. The van der Waals surface area contributed by atoms with E-state index in [1.807, 2.05) is 0 Å². The second-order valence-electron chi connectivity index (χ2n) is 5.53. The number of benzene rings is 1. The Morgan fingerprint density at radius 3 is 2.38 bits per heavy atom. The van der Waals surface area contributed by atoms with Gasteiger partial charge in [0, 0.05) is 21.8 Å². The van der Waals surface area contributed by atoms with Gasteiger partial charge in [-0.2, -0.15) is 11.3 Å². The zero-order valence-electron chi connectivity index (χ0n) is 13.0. The minimum atomic E-state index is 0.355. The number of halogens is 1. The largest absolute Gasteiger partial charge is 0.310 e. The molecule has 2 rings (SSSR count). The molecule has 0 radical (unpaired) electrons. The zero-order valence-corrected chi connectivity index (χ0v) is 15.4. The number of rotatable bonds is 7. The van der Waals surface area contributed by atoms with Crippen LogP contribution in [0, 0.1) is 5.92 Å². The Hall–Kier alpha value is -0.640. The van der Waals surface area contributed by atoms with Crippen molar-refractivity contribution >= 4 is 27.3 Å². The Balaban J connectivity index is 2.43. The molecule has 1 N–H and O–H groups in total. The smallest absolute Gasteiger partial charge is 0.0411 e. The maximum Gasteiger partial charge on any atom is 0.0411 e. The average Bonchev–Trinajstić information content (AvgIpc) is 2.93. The van der Waals surface area contributed by atoms with Crippen LogP contribution in [0.2, 0.25) is 0 Å². The maximum atomic E-state index is 3.72. The van der Waals surface area contributed by atoms with Gasteiger partial charge in [0.05, 0.1) is 0 Å². The number of likely N-dealkylation sites (N-methyl/N-ethyl adjacent to an activating group) is 1. The third-order valence-corrected chi connectivity index (χ3v) is 5.95. The van der Waals surface area contributed by atoms with Crippen LogP contribution in [0.3, 0.4) is 0 Å². The Morgan fingerprint density at radius 2 is 1.86 bits per heavy atom. The molecule has 1 aromatic heterocycles. The van der Waals surface area contributed by atoms with Crippen LogP contribution in [0.5, 0.6) is 0 Å². The summed E-state index contributed by atoms with van der Waals surface area (Å²) in [5.74, 6) is 1.12. The van der Waals surface area contributed by atoms with E-state index in [0.29, 0.717) is 17.9 Å². The normalized spacial score (nSPS) is 15.6. The van der Waals surface area contributed by atoms with Gasteiger partial charge in [-0.3, -0.25) is 0 Å². The third-order valence-electron chi connectivity index (χ3n) is 4.20. The number of nitrogens with one attached hydrogen (secondary N) is 1. The first-order valence-electron chi connectivity index (χ1n) is 7.68. The molecule has 0 aliphatic carbocycles. The minimum absolute atomic E-state index is 0.355. The van der Waals surface area contributed by atoms with E-state index in [-0.39, 0.29) is 0 Å². The van der Waals surface area contributed by atoms with Gasteiger partial charge < -0.3 is 5.32 Å². The Kier molecular flexibility index (Phi) is 6.46. The molecule has 3 atom stereocenters. The number of hydrogen-bond donors (Lipinski definition) is 1. The van der Waals surface area contributed by atoms with Crippen molar-refractivity contribution in [2.75, 3.05) is 6.54 Å². The highest BCUT2D eigenvalue weighted by Gasteiger charge is 2.29. The molecule has 114 valence electrons. The molecule has 0 spiro atoms. The van der Waals surface area contributed by atoms with Crippen molar-refractivity contribution in [3.63, 3.8) is 0 Å². The molecule has 1 aromatic carbocycles. The topological polar surface area (TPSA) is 12.0 Å². The van der Waals surface area contributed by atoms with Gasteiger partial charge in [-0.15, -0.1) is 0 Å². The molecule has 0 saturated carbocycles. The van der Waals surface area contributed by atoms with Crippen LogP contribution in [0.4, 0.5) is 0 Å². The second-order valence-corrected chi connectivity index (χ2v) is 7.13. The van der Waals surface area contributed by atoms with Crippen LogP contribution in [-0.4, -0.2) is 6.54 Å². The first kappa shape index (κ1) is 16.7. The Labute approximate surface area is 140 Å². The molecular weight excluding hydrogens is 342 g/mol. The third kappa shape index (κ3) is 3.97. The van der Waals surface area contributed by atoms with Gasteiger partial charge in [0.25, 0.3) is 0 Å². The van der Waals surface area contributed by atoms with Gasteiger partial charge >= 0.3 is 0 Å². The molecule has 0 fully saturated rings. The number of thiophene rings is 1. The van der Waals surface area contributed by atoms with E-state index in [1.54, 1.807) is 11.3 Å². The fourth-order valence-electron chi connectivity index (χ4n) is 2.94. The summed E-state index contributed by atoms with van der Waals surface area (Å²) in [6.07, 6.45) is 1.18. The molecule has 21 heavy (non-hydrogen) atoms. The van der Waals surface area contributed by atoms with Gasteiger partial charge in [0.2, 0.25) is 0 Å². The van der Waals surface area contributed by atoms with Crippen molar-refractivity contribution in [2.45, 2.75) is 39.2 Å². The van der Waals surface area contributed by atoms with Gasteiger partial charge in [-0.25, -0.2) is 0 Å². The Bertz CT molecular complexity index is 537. The highest BCUT2D eigenvalue weighted by molar-refractivity contribution is 9.10. The van der Waals surface area contributed by atoms with Crippen molar-refractivity contribution in [2.24, 2.45) is 5.92 Å². The van der Waals surface area contributed by atoms with Crippen molar-refractivity contribution < 1.29 is 0 Å². The fourth-order valence-corrected chi connectivity index (χ4v) is 4.52. The molecule has 0 aliphatic rings. The predicted octanol–water partition coefficient (Wildman–Crippen LogP) is 5.99. The summed E-state index contributed by atoms with van der Waals surface area (Å²) in [6, 6.07) is 11.3. The molecule has 3 unspecified atom stereocenters. The quantitative estimate of drug-likeness (QED) is 0.635. The summed E-state index contributed by atoms with van der Waals surface area (Å²) in [7, 11) is 0. The van der Waals surface area contributed by atoms with Gasteiger partial charge in [-0.1, -0.05) is 57.5 Å². The van der Waals surface area contributed by atoms with Crippen molar-refractivity contribution in [1.29, 1.82) is 0 Å². The van der Waals surface area contributed by atoms with Crippen LogP contribution in [0.1, 0.15) is 50.3 Å². The lowest BCUT2D eigenvalue weighted by atomic mass is 9.78. The van der Waals surface area contributed by atoms with Crippen molar-refractivity contribution in [3.8, 4) is 0 Å². The van der Waals surface area contributed by atoms with E-state index in [4.69, 9.17) is 0 Å². The first-order chi connectivity index (χ1) is 10.2. The summed E-state index contributed by atoms with van der Waals surface area (Å²) < 4.78 is 1.22. The highest BCUT2D eigenvalue weighted by atomic mass is 79.9. The lowest BCUT2D eigenvalue weighted by Crippen LogP contribution is -2.30. The predicted molar refractivity (Wildman–Crippen MR) is 97.1 cm³/mol. The molecule has 0 bridgehead atoms. The summed E-state index contributed by atoms with van der Waals surface area (Å²) in [6.45, 7) is 7.81. The Morgan fingerprint density at radius 1 is 1.14 bits per heavy atom. The van der Waals surface area contributed by atoms with E-state index in [9.17, 15) is 0 Å². The van der Waals surface area contributed by atoms with E-state index >= 15 is 0 Å². The fraction of sp³-hybridized carbons (Fsp3) is 0.444. The van der Waals surface area contributed by atoms with Crippen molar-refractivity contribution in [1.82, 2.24) is 5.32 Å². The van der Waals surface area contributed by atoms with E-state index in [0.717, 1.165) is 6.54 Å². The molecule has 0 amide bonds. The van der Waals surface area contributed by atoms with Gasteiger partial charge in [0.1, 0.15) is 0 Å². The molecule has 1 nitrogen and oxygen atoms in total. The first-order valence-corrected chi connectivity index (χ1v) is 9.42. The molecular formula is C18H24BrNS. The van der Waals surface area contributed by atoms with Crippen LogP contribution < -0.4 is 5.32 Å². The van der Waals surface area contributed by atoms with Gasteiger partial charge in [-0.05, 0) is 44.9 Å². The van der Waals surface area contributed by atoms with E-state index < -0.39 is 0 Å². The average molecular weight is 366 g/mol. The van der Waals surface area contributed by atoms with E-state index in [2.05, 4.69) is 83.1 Å². The van der Waals surface area contributed by atoms with E-state index in [1.165, 1.54) is 22.0 Å². The lowest BCUT2D eigenvalue weighted by molar-refractivity contribution is 0.344. The molecule has 1 heterocycles. The van der Waals surface area contributed by atoms with Gasteiger partial charge in [0.15, 0.2) is 0 Å². The standard InChI is InChI=1S/C18H24BrNS/c1-4-13(3)17(14-9-7-6-8-10-14)18(20-5-2)15-11-21-12-16(15)19/h6-13,17-18,20H,4-5H2,1-3H3. The molecule has 0 aliphatic heterocycles. The second kappa shape index (κ2) is 8.11. The monoisotopic (exact) mass is 365 g/mol. The minimum Gasteiger partial charge on any atom is -0.310 e. The van der Waals surface area contributed by atoms with Crippen LogP contribution in [0.15, 0.2) is 45.6 Å². The maximum absolute atomic E-state index is 3.72. The van der Waals surface area contributed by atoms with Crippen molar-refractivity contribution in [3.05, 3.63) is 56.7 Å². The SMILES string of the molecule is CCNC(c1cscc1Br)C(c1ccccc1)C(C)CC. The van der Waals surface area contributed by atoms with Crippen LogP contribution in [-0.2, 0) is 0 Å².